The number of ether oxygens (including phenoxy) is 2. The van der Waals surface area contributed by atoms with Gasteiger partial charge in [-0.25, -0.2) is 0 Å². The smallest absolute Gasteiger partial charge is 0.163 e. The lowest BCUT2D eigenvalue weighted by Gasteiger charge is -2.36. The number of unbranched alkanes of at least 4 members (excludes halogenated alkanes) is 3. The second kappa shape index (κ2) is 12.0. The SMILES string of the molecule is CCCCCCN1c2ccccc2Sc2c(OC(C)CC)c(C#N)c(C#N)c(OC(C)CC)c21. The Morgan fingerprint density at radius 2 is 1.50 bits per heavy atom. The molecule has 0 aliphatic carbocycles. The lowest BCUT2D eigenvalue weighted by molar-refractivity contribution is 0.205. The first kappa shape index (κ1) is 25.8. The molecule has 180 valence electrons. The minimum absolute atomic E-state index is 0.0835. The minimum atomic E-state index is -0.0896. The Labute approximate surface area is 208 Å². The van der Waals surface area contributed by atoms with Gasteiger partial charge in [-0.3, -0.25) is 0 Å². The molecule has 0 radical (unpaired) electrons. The van der Waals surface area contributed by atoms with Crippen LogP contribution < -0.4 is 14.4 Å². The maximum Gasteiger partial charge on any atom is 0.163 e. The Morgan fingerprint density at radius 1 is 0.882 bits per heavy atom. The zero-order valence-electron chi connectivity index (χ0n) is 21.0. The van der Waals surface area contributed by atoms with Gasteiger partial charge in [0.15, 0.2) is 11.5 Å². The van der Waals surface area contributed by atoms with E-state index in [1.54, 1.807) is 11.8 Å². The summed E-state index contributed by atoms with van der Waals surface area (Å²) in [5, 5.41) is 20.3. The van der Waals surface area contributed by atoms with Crippen LogP contribution in [0.5, 0.6) is 11.5 Å². The fourth-order valence-corrected chi connectivity index (χ4v) is 5.14. The summed E-state index contributed by atoms with van der Waals surface area (Å²) in [6.45, 7) is 11.1. The topological polar surface area (TPSA) is 69.3 Å². The van der Waals surface area contributed by atoms with Gasteiger partial charge in [-0.1, -0.05) is 63.9 Å². The van der Waals surface area contributed by atoms with E-state index in [4.69, 9.17) is 9.47 Å². The third-order valence-corrected chi connectivity index (χ3v) is 7.37. The molecule has 0 aromatic heterocycles. The Balaban J connectivity index is 2.30. The first-order valence-electron chi connectivity index (χ1n) is 12.4. The summed E-state index contributed by atoms with van der Waals surface area (Å²) in [5.41, 5.74) is 2.49. The molecule has 6 heteroatoms. The van der Waals surface area contributed by atoms with Gasteiger partial charge in [0.1, 0.15) is 29.0 Å². The monoisotopic (exact) mass is 477 g/mol. The molecule has 0 saturated heterocycles. The summed E-state index contributed by atoms with van der Waals surface area (Å²) in [4.78, 5) is 4.26. The van der Waals surface area contributed by atoms with Crippen LogP contribution in [0.25, 0.3) is 0 Å². The Bertz CT molecular complexity index is 1090. The van der Waals surface area contributed by atoms with E-state index >= 15 is 0 Å². The molecule has 3 rings (SSSR count). The highest BCUT2D eigenvalue weighted by molar-refractivity contribution is 7.99. The van der Waals surface area contributed by atoms with Crippen LogP contribution in [0, 0.1) is 22.7 Å². The van der Waals surface area contributed by atoms with Gasteiger partial charge < -0.3 is 14.4 Å². The third-order valence-electron chi connectivity index (χ3n) is 6.23. The number of benzene rings is 2. The first-order chi connectivity index (χ1) is 16.5. The normalized spacial score (nSPS) is 13.8. The standard InChI is InChI=1S/C28H35N3O2S/c1-6-9-10-13-16-31-23-14-11-12-15-24(23)34-28-25(31)26(32-19(4)7-2)21(17-29)22(18-30)27(28)33-20(5)8-3/h11-12,14-15,19-20H,6-10,13,16H2,1-5H3. The number of nitriles is 2. The molecule has 2 aromatic carbocycles. The van der Waals surface area contributed by atoms with Gasteiger partial charge in [-0.05, 0) is 45.2 Å². The van der Waals surface area contributed by atoms with Crippen LogP contribution in [0.4, 0.5) is 11.4 Å². The van der Waals surface area contributed by atoms with Gasteiger partial charge in [-0.15, -0.1) is 0 Å². The molecule has 1 aliphatic heterocycles. The summed E-state index contributed by atoms with van der Waals surface area (Å²) in [6.07, 6.45) is 5.94. The molecule has 0 saturated carbocycles. The summed E-state index contributed by atoms with van der Waals surface area (Å²) in [7, 11) is 0. The van der Waals surface area contributed by atoms with Gasteiger partial charge in [0.05, 0.1) is 22.8 Å². The highest BCUT2D eigenvalue weighted by atomic mass is 32.2. The van der Waals surface area contributed by atoms with E-state index in [0.717, 1.165) is 53.4 Å². The van der Waals surface area contributed by atoms with Crippen molar-refractivity contribution in [3.8, 4) is 23.6 Å². The summed E-state index contributed by atoms with van der Waals surface area (Å²) >= 11 is 1.60. The van der Waals surface area contributed by atoms with E-state index in [-0.39, 0.29) is 23.3 Å². The second-order valence-corrected chi connectivity index (χ2v) is 9.82. The van der Waals surface area contributed by atoms with Crippen molar-refractivity contribution in [2.24, 2.45) is 0 Å². The van der Waals surface area contributed by atoms with E-state index in [1.807, 2.05) is 26.0 Å². The zero-order valence-corrected chi connectivity index (χ0v) is 21.8. The van der Waals surface area contributed by atoms with E-state index in [9.17, 15) is 10.5 Å². The van der Waals surface area contributed by atoms with Crippen molar-refractivity contribution >= 4 is 23.1 Å². The van der Waals surface area contributed by atoms with Gasteiger partial charge in [-0.2, -0.15) is 10.5 Å². The molecule has 0 spiro atoms. The van der Waals surface area contributed by atoms with Crippen LogP contribution in [-0.4, -0.2) is 18.8 Å². The number of hydrogen-bond acceptors (Lipinski definition) is 6. The summed E-state index contributed by atoms with van der Waals surface area (Å²) < 4.78 is 12.7. The molecule has 1 heterocycles. The van der Waals surface area contributed by atoms with Crippen molar-refractivity contribution < 1.29 is 9.47 Å². The predicted molar refractivity (Wildman–Crippen MR) is 138 cm³/mol. The average Bonchev–Trinajstić information content (AvgIpc) is 2.86. The summed E-state index contributed by atoms with van der Waals surface area (Å²) in [5.74, 6) is 0.996. The van der Waals surface area contributed by atoms with Crippen molar-refractivity contribution in [1.29, 1.82) is 10.5 Å². The molecular weight excluding hydrogens is 442 g/mol. The van der Waals surface area contributed by atoms with E-state index in [2.05, 4.69) is 49.9 Å². The van der Waals surface area contributed by atoms with Gasteiger partial charge >= 0.3 is 0 Å². The maximum atomic E-state index is 10.2. The number of fused-ring (bicyclic) bond motifs is 2. The van der Waals surface area contributed by atoms with Gasteiger partial charge in [0.25, 0.3) is 0 Å². The predicted octanol–water partition coefficient (Wildman–Crippen LogP) is 7.97. The lowest BCUT2D eigenvalue weighted by Crippen LogP contribution is -2.26. The fourth-order valence-electron chi connectivity index (χ4n) is 3.94. The van der Waals surface area contributed by atoms with Crippen LogP contribution in [0.2, 0.25) is 0 Å². The molecule has 2 aromatic rings. The average molecular weight is 478 g/mol. The van der Waals surface area contributed by atoms with Crippen molar-refractivity contribution in [3.63, 3.8) is 0 Å². The molecule has 1 aliphatic rings. The summed E-state index contributed by atoms with van der Waals surface area (Å²) in [6, 6.07) is 12.9. The largest absolute Gasteiger partial charge is 0.488 e. The molecule has 34 heavy (non-hydrogen) atoms. The van der Waals surface area contributed by atoms with Crippen LogP contribution in [-0.2, 0) is 0 Å². The minimum Gasteiger partial charge on any atom is -0.488 e. The third kappa shape index (κ3) is 5.29. The first-order valence-corrected chi connectivity index (χ1v) is 13.2. The molecule has 0 bridgehead atoms. The molecule has 5 nitrogen and oxygen atoms in total. The molecule has 0 amide bonds. The van der Waals surface area contributed by atoms with E-state index < -0.39 is 0 Å². The lowest BCUT2D eigenvalue weighted by atomic mass is 10.0. The molecule has 0 fully saturated rings. The Kier molecular flexibility index (Phi) is 9.13. The van der Waals surface area contributed by atoms with Crippen LogP contribution >= 0.6 is 11.8 Å². The number of para-hydroxylation sites is 1. The molecule has 2 atom stereocenters. The van der Waals surface area contributed by atoms with Gasteiger partial charge in [0, 0.05) is 11.4 Å². The van der Waals surface area contributed by atoms with Crippen LogP contribution in [0.3, 0.4) is 0 Å². The van der Waals surface area contributed by atoms with Crippen molar-refractivity contribution in [1.82, 2.24) is 0 Å². The quantitative estimate of drug-likeness (QED) is 0.306. The van der Waals surface area contributed by atoms with Gasteiger partial charge in [0.2, 0.25) is 0 Å². The van der Waals surface area contributed by atoms with E-state index in [0.29, 0.717) is 11.5 Å². The maximum absolute atomic E-state index is 10.2. The highest BCUT2D eigenvalue weighted by Gasteiger charge is 2.35. The number of rotatable bonds is 11. The highest BCUT2D eigenvalue weighted by Crippen LogP contribution is 2.58. The second-order valence-electron chi connectivity index (χ2n) is 8.77. The van der Waals surface area contributed by atoms with Crippen LogP contribution in [0.15, 0.2) is 34.1 Å². The van der Waals surface area contributed by atoms with E-state index in [1.165, 1.54) is 12.8 Å². The molecular formula is C28H35N3O2S. The van der Waals surface area contributed by atoms with Crippen molar-refractivity contribution in [3.05, 3.63) is 35.4 Å². The molecule has 2 unspecified atom stereocenters. The number of nitrogens with zero attached hydrogens (tertiary/aromatic N) is 3. The Morgan fingerprint density at radius 3 is 2.12 bits per heavy atom. The van der Waals surface area contributed by atoms with Crippen molar-refractivity contribution in [2.75, 3.05) is 11.4 Å². The number of anilines is 2. The fraction of sp³-hybridized carbons (Fsp3) is 0.500. The van der Waals surface area contributed by atoms with Crippen molar-refractivity contribution in [2.45, 2.75) is 95.1 Å². The number of hydrogen-bond donors (Lipinski definition) is 0. The zero-order chi connectivity index (χ0) is 24.7. The van der Waals surface area contributed by atoms with Crippen LogP contribution in [0.1, 0.15) is 84.3 Å². The molecule has 0 N–H and O–H groups in total. The Hall–Kier alpha value is -2.83.